The summed E-state index contributed by atoms with van der Waals surface area (Å²) in [5, 5.41) is 4.83. The standard InChI is InChI=1S/C25H26N2O4S/c1-5-22(27(32(4,29)30)19-12-10-16(2)17(3)14-19)25(28)26-18-11-13-21-20-8-6-7-9-23(20)31-24(21)15-18/h6-15,22H,5H2,1-4H3,(H,26,28)/t22-/m0/s1. The summed E-state index contributed by atoms with van der Waals surface area (Å²) in [5.74, 6) is -0.397. The lowest BCUT2D eigenvalue weighted by atomic mass is 10.1. The molecule has 166 valence electrons. The average Bonchev–Trinajstić information content (AvgIpc) is 3.10. The van der Waals surface area contributed by atoms with E-state index in [0.29, 0.717) is 23.4 Å². The van der Waals surface area contributed by atoms with E-state index in [1.807, 2.05) is 50.2 Å². The highest BCUT2D eigenvalue weighted by Crippen LogP contribution is 2.31. The molecule has 0 radical (unpaired) electrons. The maximum atomic E-state index is 13.2. The first-order chi connectivity index (χ1) is 15.2. The molecule has 0 unspecified atom stereocenters. The topological polar surface area (TPSA) is 79.6 Å². The van der Waals surface area contributed by atoms with Gasteiger partial charge in [-0.1, -0.05) is 31.2 Å². The van der Waals surface area contributed by atoms with Crippen molar-refractivity contribution in [2.24, 2.45) is 0 Å². The zero-order chi connectivity index (χ0) is 23.0. The van der Waals surface area contributed by atoms with E-state index in [-0.39, 0.29) is 0 Å². The molecular weight excluding hydrogens is 424 g/mol. The van der Waals surface area contributed by atoms with E-state index in [0.717, 1.165) is 33.7 Å². The lowest BCUT2D eigenvalue weighted by molar-refractivity contribution is -0.117. The Hall–Kier alpha value is -3.32. The summed E-state index contributed by atoms with van der Waals surface area (Å²) >= 11 is 0. The Morgan fingerprint density at radius 1 is 0.969 bits per heavy atom. The molecule has 0 spiro atoms. The molecule has 0 aliphatic carbocycles. The van der Waals surface area contributed by atoms with Crippen LogP contribution in [0.1, 0.15) is 24.5 Å². The summed E-state index contributed by atoms with van der Waals surface area (Å²) in [7, 11) is -3.69. The molecule has 4 rings (SSSR count). The highest BCUT2D eigenvalue weighted by atomic mass is 32.2. The Bertz CT molecular complexity index is 1420. The number of carbonyl (C=O) groups excluding carboxylic acids is 1. The monoisotopic (exact) mass is 450 g/mol. The Morgan fingerprint density at radius 3 is 2.38 bits per heavy atom. The highest BCUT2D eigenvalue weighted by Gasteiger charge is 2.31. The number of nitrogens with zero attached hydrogens (tertiary/aromatic N) is 1. The number of amides is 1. The second-order valence-corrected chi connectivity index (χ2v) is 9.91. The van der Waals surface area contributed by atoms with E-state index in [2.05, 4.69) is 5.32 Å². The fraction of sp³-hybridized carbons (Fsp3) is 0.240. The second kappa shape index (κ2) is 8.31. The van der Waals surface area contributed by atoms with Crippen LogP contribution in [-0.4, -0.2) is 26.6 Å². The number of rotatable bonds is 6. The van der Waals surface area contributed by atoms with Crippen LogP contribution in [0.2, 0.25) is 0 Å². The van der Waals surface area contributed by atoms with Crippen molar-refractivity contribution in [3.8, 4) is 0 Å². The first-order valence-corrected chi connectivity index (χ1v) is 12.3. The molecule has 0 aliphatic heterocycles. The van der Waals surface area contributed by atoms with Gasteiger partial charge in [-0.15, -0.1) is 0 Å². The van der Waals surface area contributed by atoms with Gasteiger partial charge in [0.1, 0.15) is 17.2 Å². The van der Waals surface area contributed by atoms with Crippen LogP contribution in [0.4, 0.5) is 11.4 Å². The summed E-state index contributed by atoms with van der Waals surface area (Å²) in [6.45, 7) is 5.68. The van der Waals surface area contributed by atoms with Crippen molar-refractivity contribution in [1.29, 1.82) is 0 Å². The minimum absolute atomic E-state index is 0.318. The Labute approximate surface area is 187 Å². The summed E-state index contributed by atoms with van der Waals surface area (Å²) in [6.07, 6.45) is 1.44. The number of fused-ring (bicyclic) bond motifs is 3. The smallest absolute Gasteiger partial charge is 0.248 e. The van der Waals surface area contributed by atoms with Crippen LogP contribution in [0.5, 0.6) is 0 Å². The molecule has 0 fully saturated rings. The number of furan rings is 1. The van der Waals surface area contributed by atoms with Crippen LogP contribution in [0.15, 0.2) is 65.1 Å². The minimum Gasteiger partial charge on any atom is -0.456 e. The number of para-hydroxylation sites is 1. The third-order valence-electron chi connectivity index (χ3n) is 5.72. The Kier molecular flexibility index (Phi) is 5.69. The summed E-state index contributed by atoms with van der Waals surface area (Å²) in [4.78, 5) is 13.2. The van der Waals surface area contributed by atoms with Gasteiger partial charge in [-0.25, -0.2) is 8.42 Å². The molecule has 0 saturated carbocycles. The molecule has 7 heteroatoms. The quantitative estimate of drug-likeness (QED) is 0.427. The third-order valence-corrected chi connectivity index (χ3v) is 6.90. The van der Waals surface area contributed by atoms with E-state index >= 15 is 0 Å². The molecule has 3 aromatic carbocycles. The zero-order valence-corrected chi connectivity index (χ0v) is 19.4. The van der Waals surface area contributed by atoms with E-state index in [1.54, 1.807) is 31.2 Å². The predicted molar refractivity (Wildman–Crippen MR) is 130 cm³/mol. The van der Waals surface area contributed by atoms with Crippen molar-refractivity contribution in [3.05, 3.63) is 71.8 Å². The molecule has 1 N–H and O–H groups in total. The lowest BCUT2D eigenvalue weighted by Gasteiger charge is -2.30. The van der Waals surface area contributed by atoms with Crippen molar-refractivity contribution in [2.75, 3.05) is 15.9 Å². The average molecular weight is 451 g/mol. The molecule has 0 bridgehead atoms. The largest absolute Gasteiger partial charge is 0.456 e. The van der Waals surface area contributed by atoms with Gasteiger partial charge in [0.15, 0.2) is 0 Å². The maximum Gasteiger partial charge on any atom is 0.248 e. The number of anilines is 2. The van der Waals surface area contributed by atoms with E-state index < -0.39 is 22.0 Å². The number of benzene rings is 3. The van der Waals surface area contributed by atoms with Gasteiger partial charge in [-0.05, 0) is 61.7 Å². The van der Waals surface area contributed by atoms with Crippen LogP contribution in [0.3, 0.4) is 0 Å². The third kappa shape index (κ3) is 4.08. The highest BCUT2D eigenvalue weighted by molar-refractivity contribution is 7.92. The fourth-order valence-electron chi connectivity index (χ4n) is 3.95. The lowest BCUT2D eigenvalue weighted by Crippen LogP contribution is -2.47. The number of nitrogens with one attached hydrogen (secondary N) is 1. The van der Waals surface area contributed by atoms with Crippen molar-refractivity contribution in [3.63, 3.8) is 0 Å². The normalized spacial score (nSPS) is 12.8. The minimum atomic E-state index is -3.69. The molecule has 6 nitrogen and oxygen atoms in total. The predicted octanol–water partition coefficient (Wildman–Crippen LogP) is 5.39. The first-order valence-electron chi connectivity index (χ1n) is 10.5. The number of sulfonamides is 1. The van der Waals surface area contributed by atoms with Gasteiger partial charge in [0.25, 0.3) is 0 Å². The summed E-state index contributed by atoms with van der Waals surface area (Å²) < 4.78 is 32.5. The molecule has 4 aromatic rings. The van der Waals surface area contributed by atoms with Crippen LogP contribution < -0.4 is 9.62 Å². The Morgan fingerprint density at radius 2 is 1.69 bits per heavy atom. The zero-order valence-electron chi connectivity index (χ0n) is 18.5. The molecule has 32 heavy (non-hydrogen) atoms. The number of aryl methyl sites for hydroxylation is 2. The van der Waals surface area contributed by atoms with E-state index in [1.165, 1.54) is 4.31 Å². The molecule has 0 aliphatic rings. The molecule has 1 amide bonds. The molecule has 0 saturated heterocycles. The second-order valence-electron chi connectivity index (χ2n) is 8.05. The van der Waals surface area contributed by atoms with Gasteiger partial charge in [0.2, 0.25) is 15.9 Å². The van der Waals surface area contributed by atoms with Gasteiger partial charge in [0.05, 0.1) is 11.9 Å². The van der Waals surface area contributed by atoms with Gasteiger partial charge in [-0.3, -0.25) is 9.10 Å². The summed E-state index contributed by atoms with van der Waals surface area (Å²) in [6, 6.07) is 17.7. The number of carbonyl (C=O) groups is 1. The molecule has 1 aromatic heterocycles. The van der Waals surface area contributed by atoms with Gasteiger partial charge in [0, 0.05) is 22.5 Å². The van der Waals surface area contributed by atoms with Crippen molar-refractivity contribution in [1.82, 2.24) is 0 Å². The van der Waals surface area contributed by atoms with Gasteiger partial charge in [-0.2, -0.15) is 0 Å². The number of hydrogen-bond acceptors (Lipinski definition) is 4. The van der Waals surface area contributed by atoms with Crippen LogP contribution >= 0.6 is 0 Å². The summed E-state index contributed by atoms with van der Waals surface area (Å²) in [5.41, 5.74) is 4.47. The van der Waals surface area contributed by atoms with Crippen LogP contribution in [-0.2, 0) is 14.8 Å². The Balaban J connectivity index is 1.67. The number of hydrogen-bond donors (Lipinski definition) is 1. The van der Waals surface area contributed by atoms with Crippen LogP contribution in [0.25, 0.3) is 21.9 Å². The van der Waals surface area contributed by atoms with E-state index in [4.69, 9.17) is 4.42 Å². The molecule has 1 atom stereocenters. The van der Waals surface area contributed by atoms with Gasteiger partial charge >= 0.3 is 0 Å². The maximum absolute atomic E-state index is 13.2. The SMILES string of the molecule is CC[C@@H](C(=O)Nc1ccc2c(c1)oc1ccccc12)N(c1ccc(C)c(C)c1)S(C)(=O)=O. The fourth-order valence-corrected chi connectivity index (χ4v) is 5.16. The molecular formula is C25H26N2O4S. The van der Waals surface area contributed by atoms with Crippen molar-refractivity contribution >= 4 is 49.2 Å². The van der Waals surface area contributed by atoms with E-state index in [9.17, 15) is 13.2 Å². The van der Waals surface area contributed by atoms with Crippen molar-refractivity contribution < 1.29 is 17.6 Å². The first kappa shape index (κ1) is 21.9. The van der Waals surface area contributed by atoms with Crippen molar-refractivity contribution in [2.45, 2.75) is 33.2 Å². The van der Waals surface area contributed by atoms with Crippen LogP contribution in [0, 0.1) is 13.8 Å². The van der Waals surface area contributed by atoms with Gasteiger partial charge < -0.3 is 9.73 Å². The molecule has 1 heterocycles.